The maximum Gasteiger partial charge on any atom is 0.219 e. The van der Waals surface area contributed by atoms with Crippen molar-refractivity contribution in [1.29, 1.82) is 0 Å². The van der Waals surface area contributed by atoms with Gasteiger partial charge in [0.25, 0.3) is 0 Å². The molecular formula is C10H21NO5. The standard InChI is InChI=1S/C10H21NO5/c1-2-3-4-11-5-7-8(13)9(14)10(15,6-12)16-7/h7-9,11-15H,2-6H2,1H3/t7-,8+,9+,10?/m1/s1. The van der Waals surface area contributed by atoms with Crippen molar-refractivity contribution < 1.29 is 25.2 Å². The minimum atomic E-state index is -2.05. The molecule has 6 heteroatoms. The van der Waals surface area contributed by atoms with Crippen molar-refractivity contribution in [3.05, 3.63) is 0 Å². The van der Waals surface area contributed by atoms with E-state index in [2.05, 4.69) is 12.2 Å². The summed E-state index contributed by atoms with van der Waals surface area (Å²) >= 11 is 0. The van der Waals surface area contributed by atoms with Gasteiger partial charge in [-0.3, -0.25) is 0 Å². The molecule has 0 aliphatic carbocycles. The van der Waals surface area contributed by atoms with Crippen LogP contribution in [0.2, 0.25) is 0 Å². The van der Waals surface area contributed by atoms with Gasteiger partial charge in [-0.15, -0.1) is 0 Å². The van der Waals surface area contributed by atoms with Crippen LogP contribution in [0.15, 0.2) is 0 Å². The average molecular weight is 235 g/mol. The Labute approximate surface area is 94.9 Å². The Bertz CT molecular complexity index is 215. The second-order valence-corrected chi connectivity index (χ2v) is 4.15. The quantitative estimate of drug-likeness (QED) is 0.347. The number of unbranched alkanes of at least 4 members (excludes halogenated alkanes) is 1. The highest BCUT2D eigenvalue weighted by atomic mass is 16.7. The fourth-order valence-electron chi connectivity index (χ4n) is 1.71. The van der Waals surface area contributed by atoms with Gasteiger partial charge in [0, 0.05) is 6.54 Å². The van der Waals surface area contributed by atoms with Gasteiger partial charge in [-0.05, 0) is 13.0 Å². The molecule has 0 aromatic heterocycles. The lowest BCUT2D eigenvalue weighted by molar-refractivity contribution is -0.245. The maximum absolute atomic E-state index is 9.60. The Morgan fingerprint density at radius 2 is 2.06 bits per heavy atom. The van der Waals surface area contributed by atoms with Crippen molar-refractivity contribution in [2.45, 2.75) is 43.9 Å². The molecule has 6 nitrogen and oxygen atoms in total. The summed E-state index contributed by atoms with van der Waals surface area (Å²) in [5.74, 6) is -2.05. The Hall–Kier alpha value is -0.240. The molecule has 1 aliphatic heterocycles. The topological polar surface area (TPSA) is 102 Å². The number of rotatable bonds is 6. The smallest absolute Gasteiger partial charge is 0.219 e. The summed E-state index contributed by atoms with van der Waals surface area (Å²) in [4.78, 5) is 0. The minimum Gasteiger partial charge on any atom is -0.391 e. The third-order valence-corrected chi connectivity index (χ3v) is 2.80. The Kier molecular flexibility index (Phi) is 5.10. The van der Waals surface area contributed by atoms with Crippen molar-refractivity contribution in [2.24, 2.45) is 0 Å². The Balaban J connectivity index is 2.39. The fraction of sp³-hybridized carbons (Fsp3) is 1.00. The lowest BCUT2D eigenvalue weighted by Gasteiger charge is -2.22. The molecule has 0 bridgehead atoms. The molecule has 16 heavy (non-hydrogen) atoms. The van der Waals surface area contributed by atoms with Gasteiger partial charge < -0.3 is 30.5 Å². The second kappa shape index (κ2) is 5.90. The van der Waals surface area contributed by atoms with Crippen LogP contribution in [0, 0.1) is 0 Å². The number of aliphatic hydroxyl groups is 4. The molecule has 0 spiro atoms. The van der Waals surface area contributed by atoms with Crippen LogP contribution < -0.4 is 5.32 Å². The van der Waals surface area contributed by atoms with Gasteiger partial charge in [0.1, 0.15) is 18.3 Å². The van der Waals surface area contributed by atoms with Gasteiger partial charge >= 0.3 is 0 Å². The molecule has 1 heterocycles. The van der Waals surface area contributed by atoms with E-state index in [9.17, 15) is 15.3 Å². The third-order valence-electron chi connectivity index (χ3n) is 2.80. The fourth-order valence-corrected chi connectivity index (χ4v) is 1.71. The van der Waals surface area contributed by atoms with Crippen LogP contribution in [0.25, 0.3) is 0 Å². The molecule has 1 rings (SSSR count). The predicted octanol–water partition coefficient (Wildman–Crippen LogP) is -1.82. The van der Waals surface area contributed by atoms with E-state index in [1.54, 1.807) is 0 Å². The van der Waals surface area contributed by atoms with Gasteiger partial charge in [-0.1, -0.05) is 13.3 Å². The first kappa shape index (κ1) is 13.8. The summed E-state index contributed by atoms with van der Waals surface area (Å²) in [5.41, 5.74) is 0. The van der Waals surface area contributed by atoms with Gasteiger partial charge in [-0.25, -0.2) is 0 Å². The van der Waals surface area contributed by atoms with E-state index in [-0.39, 0.29) is 0 Å². The minimum absolute atomic E-state index is 0.334. The van der Waals surface area contributed by atoms with Crippen LogP contribution in [0.4, 0.5) is 0 Å². The van der Waals surface area contributed by atoms with Crippen molar-refractivity contribution >= 4 is 0 Å². The SMILES string of the molecule is CCCCNC[C@H]1OC(O)(CO)[C@@H](O)[C@H]1O. The highest BCUT2D eigenvalue weighted by molar-refractivity contribution is 4.95. The summed E-state index contributed by atoms with van der Waals surface area (Å²) in [5, 5.41) is 40.6. The predicted molar refractivity (Wildman–Crippen MR) is 56.7 cm³/mol. The summed E-state index contributed by atoms with van der Waals surface area (Å²) in [6.45, 7) is 2.45. The Morgan fingerprint density at radius 1 is 1.38 bits per heavy atom. The van der Waals surface area contributed by atoms with Crippen LogP contribution in [-0.4, -0.2) is 64.2 Å². The second-order valence-electron chi connectivity index (χ2n) is 4.15. The van der Waals surface area contributed by atoms with E-state index < -0.39 is 30.7 Å². The summed E-state index contributed by atoms with van der Waals surface area (Å²) in [6.07, 6.45) is -1.30. The van der Waals surface area contributed by atoms with Crippen molar-refractivity contribution in [3.8, 4) is 0 Å². The lowest BCUT2D eigenvalue weighted by atomic mass is 10.1. The zero-order valence-electron chi connectivity index (χ0n) is 9.46. The molecule has 1 fully saturated rings. The molecule has 0 aromatic rings. The summed E-state index contributed by atoms with van der Waals surface area (Å²) < 4.78 is 5.05. The van der Waals surface area contributed by atoms with Gasteiger partial charge in [-0.2, -0.15) is 0 Å². The first-order valence-corrected chi connectivity index (χ1v) is 5.63. The molecule has 1 saturated heterocycles. The van der Waals surface area contributed by atoms with Crippen LogP contribution in [0.1, 0.15) is 19.8 Å². The van der Waals surface area contributed by atoms with Gasteiger partial charge in [0.15, 0.2) is 0 Å². The zero-order valence-corrected chi connectivity index (χ0v) is 9.46. The van der Waals surface area contributed by atoms with Crippen molar-refractivity contribution in [3.63, 3.8) is 0 Å². The highest BCUT2D eigenvalue weighted by Crippen LogP contribution is 2.28. The molecule has 0 radical (unpaired) electrons. The first-order chi connectivity index (χ1) is 7.55. The molecule has 0 saturated carbocycles. The highest BCUT2D eigenvalue weighted by Gasteiger charge is 2.52. The van der Waals surface area contributed by atoms with Crippen molar-refractivity contribution in [1.82, 2.24) is 5.32 Å². The van der Waals surface area contributed by atoms with E-state index in [1.807, 2.05) is 0 Å². The van der Waals surface area contributed by atoms with Crippen LogP contribution >= 0.6 is 0 Å². The average Bonchev–Trinajstić information content (AvgIpc) is 2.50. The third kappa shape index (κ3) is 2.91. The molecule has 1 aliphatic rings. The van der Waals surface area contributed by atoms with E-state index in [0.29, 0.717) is 6.54 Å². The number of aliphatic hydroxyl groups excluding tert-OH is 3. The number of nitrogens with one attached hydrogen (secondary N) is 1. The molecular weight excluding hydrogens is 214 g/mol. The van der Waals surface area contributed by atoms with Gasteiger partial charge in [0.2, 0.25) is 5.79 Å². The van der Waals surface area contributed by atoms with Crippen molar-refractivity contribution in [2.75, 3.05) is 19.7 Å². The molecule has 96 valence electrons. The molecule has 0 aromatic carbocycles. The Morgan fingerprint density at radius 3 is 2.56 bits per heavy atom. The number of hydrogen-bond donors (Lipinski definition) is 5. The number of ether oxygens (including phenoxy) is 1. The molecule has 1 unspecified atom stereocenters. The van der Waals surface area contributed by atoms with E-state index in [4.69, 9.17) is 9.84 Å². The maximum atomic E-state index is 9.60. The molecule has 4 atom stereocenters. The van der Waals surface area contributed by atoms with E-state index >= 15 is 0 Å². The number of hydrogen-bond acceptors (Lipinski definition) is 6. The lowest BCUT2D eigenvalue weighted by Crippen LogP contribution is -2.46. The first-order valence-electron chi connectivity index (χ1n) is 5.63. The summed E-state index contributed by atoms with van der Waals surface area (Å²) in [7, 11) is 0. The van der Waals surface area contributed by atoms with Gasteiger partial charge in [0.05, 0.1) is 6.61 Å². The normalized spacial score (nSPS) is 39.2. The summed E-state index contributed by atoms with van der Waals surface area (Å²) in [6, 6.07) is 0. The monoisotopic (exact) mass is 235 g/mol. The molecule has 0 amide bonds. The van der Waals surface area contributed by atoms with Crippen LogP contribution in [0.3, 0.4) is 0 Å². The molecule has 5 N–H and O–H groups in total. The van der Waals surface area contributed by atoms with E-state index in [0.717, 1.165) is 19.4 Å². The zero-order chi connectivity index (χ0) is 12.2. The largest absolute Gasteiger partial charge is 0.391 e. The van der Waals surface area contributed by atoms with Crippen LogP contribution in [-0.2, 0) is 4.74 Å². The van der Waals surface area contributed by atoms with Crippen LogP contribution in [0.5, 0.6) is 0 Å². The van der Waals surface area contributed by atoms with E-state index in [1.165, 1.54) is 0 Å².